The molecule has 0 aliphatic heterocycles. The number of benzene rings is 1. The fraction of sp³-hybridized carbons (Fsp3) is 0.111. The highest BCUT2D eigenvalue weighted by Gasteiger charge is 2.07. The molecule has 1 aromatic carbocycles. The van der Waals surface area contributed by atoms with E-state index in [2.05, 4.69) is 29.2 Å². The lowest BCUT2D eigenvalue weighted by molar-refractivity contribution is 0.492. The van der Waals surface area contributed by atoms with Crippen molar-refractivity contribution in [3.05, 3.63) is 33.9 Å². The zero-order chi connectivity index (χ0) is 10.8. The van der Waals surface area contributed by atoms with Crippen molar-refractivity contribution in [2.24, 2.45) is 0 Å². The van der Waals surface area contributed by atoms with Crippen LogP contribution in [0, 0.1) is 3.57 Å². The molecule has 76 valence electrons. The first-order chi connectivity index (χ1) is 6.42. The molecule has 0 aliphatic rings. The van der Waals surface area contributed by atoms with Crippen molar-refractivity contribution in [3.63, 3.8) is 0 Å². The average molecular weight is 324 g/mol. The maximum Gasteiger partial charge on any atom is 0.306 e. The highest BCUT2D eigenvalue weighted by molar-refractivity contribution is 14.1. The van der Waals surface area contributed by atoms with E-state index in [0.29, 0.717) is 11.3 Å². The summed E-state index contributed by atoms with van der Waals surface area (Å²) in [7, 11) is -3.47. The van der Waals surface area contributed by atoms with Gasteiger partial charge in [-0.15, -0.1) is 0 Å². The van der Waals surface area contributed by atoms with E-state index >= 15 is 0 Å². The van der Waals surface area contributed by atoms with Crippen molar-refractivity contribution in [1.29, 1.82) is 0 Å². The van der Waals surface area contributed by atoms with Gasteiger partial charge in [-0.1, -0.05) is 12.7 Å². The molecule has 0 unspecified atom stereocenters. The smallest absolute Gasteiger partial charge is 0.306 e. The standard InChI is InChI=1S/C9H9IO3S/c1-3-7-6-8(10)4-5-9(7)13-14(2,11)12/h3-6H,1H2,2H3. The molecule has 0 amide bonds. The monoisotopic (exact) mass is 324 g/mol. The molecule has 0 N–H and O–H groups in total. The maximum atomic E-state index is 10.9. The third-order valence-corrected chi connectivity index (χ3v) is 2.59. The van der Waals surface area contributed by atoms with Gasteiger partial charge in [0.1, 0.15) is 5.75 Å². The largest absolute Gasteiger partial charge is 0.382 e. The molecule has 3 nitrogen and oxygen atoms in total. The van der Waals surface area contributed by atoms with Crippen LogP contribution >= 0.6 is 22.6 Å². The molecule has 0 radical (unpaired) electrons. The van der Waals surface area contributed by atoms with Crippen LogP contribution in [-0.4, -0.2) is 14.7 Å². The summed E-state index contributed by atoms with van der Waals surface area (Å²) in [6.07, 6.45) is 2.57. The Kier molecular flexibility index (Phi) is 3.54. The van der Waals surface area contributed by atoms with E-state index in [1.807, 2.05) is 0 Å². The van der Waals surface area contributed by atoms with Crippen LogP contribution in [-0.2, 0) is 10.1 Å². The van der Waals surface area contributed by atoms with Gasteiger partial charge in [-0.2, -0.15) is 8.42 Å². The molecular weight excluding hydrogens is 315 g/mol. The first-order valence-electron chi connectivity index (χ1n) is 3.74. The molecule has 1 aromatic rings. The van der Waals surface area contributed by atoms with Gasteiger partial charge >= 0.3 is 10.1 Å². The van der Waals surface area contributed by atoms with Crippen molar-refractivity contribution in [2.45, 2.75) is 0 Å². The van der Waals surface area contributed by atoms with Crippen molar-refractivity contribution in [1.82, 2.24) is 0 Å². The van der Waals surface area contributed by atoms with Gasteiger partial charge in [-0.25, -0.2) is 0 Å². The van der Waals surface area contributed by atoms with Crippen LogP contribution in [0.3, 0.4) is 0 Å². The number of hydrogen-bond acceptors (Lipinski definition) is 3. The molecule has 0 spiro atoms. The second kappa shape index (κ2) is 4.31. The Bertz CT molecular complexity index is 451. The lowest BCUT2D eigenvalue weighted by Crippen LogP contribution is -2.06. The molecule has 0 aromatic heterocycles. The van der Waals surface area contributed by atoms with Gasteiger partial charge in [0.05, 0.1) is 6.26 Å². The topological polar surface area (TPSA) is 43.4 Å². The van der Waals surface area contributed by atoms with Crippen LogP contribution in [0.5, 0.6) is 5.75 Å². The van der Waals surface area contributed by atoms with Crippen LogP contribution in [0.4, 0.5) is 0 Å². The molecule has 0 aliphatic carbocycles. The molecule has 0 saturated heterocycles. The Hall–Kier alpha value is -0.560. The van der Waals surface area contributed by atoms with Crippen molar-refractivity contribution in [2.75, 3.05) is 6.26 Å². The summed E-state index contributed by atoms with van der Waals surface area (Å²) >= 11 is 2.13. The fourth-order valence-electron chi connectivity index (χ4n) is 0.918. The van der Waals surface area contributed by atoms with Crippen LogP contribution in [0.25, 0.3) is 6.08 Å². The zero-order valence-corrected chi connectivity index (χ0v) is 10.5. The van der Waals surface area contributed by atoms with E-state index in [1.165, 1.54) is 0 Å². The average Bonchev–Trinajstić information content (AvgIpc) is 2.06. The lowest BCUT2D eigenvalue weighted by atomic mass is 10.2. The zero-order valence-electron chi connectivity index (χ0n) is 7.53. The van der Waals surface area contributed by atoms with E-state index < -0.39 is 10.1 Å². The summed E-state index contributed by atoms with van der Waals surface area (Å²) < 4.78 is 27.6. The van der Waals surface area contributed by atoms with Crippen LogP contribution < -0.4 is 4.18 Å². The number of halogens is 1. The third kappa shape index (κ3) is 3.30. The normalized spacial score (nSPS) is 11.0. The van der Waals surface area contributed by atoms with E-state index in [9.17, 15) is 8.42 Å². The fourth-order valence-corrected chi connectivity index (χ4v) is 1.91. The predicted molar refractivity (Wildman–Crippen MR) is 64.7 cm³/mol. The summed E-state index contributed by atoms with van der Waals surface area (Å²) in [4.78, 5) is 0. The van der Waals surface area contributed by atoms with Crippen molar-refractivity contribution < 1.29 is 12.6 Å². The molecule has 14 heavy (non-hydrogen) atoms. The van der Waals surface area contributed by atoms with E-state index in [4.69, 9.17) is 4.18 Å². The quantitative estimate of drug-likeness (QED) is 0.633. The van der Waals surface area contributed by atoms with E-state index in [-0.39, 0.29) is 0 Å². The van der Waals surface area contributed by atoms with Gasteiger partial charge in [0, 0.05) is 9.13 Å². The Balaban J connectivity index is 3.15. The number of hydrogen-bond donors (Lipinski definition) is 0. The first-order valence-corrected chi connectivity index (χ1v) is 6.63. The van der Waals surface area contributed by atoms with Gasteiger partial charge in [0.2, 0.25) is 0 Å². The highest BCUT2D eigenvalue weighted by Crippen LogP contribution is 2.23. The van der Waals surface area contributed by atoms with Gasteiger partial charge in [-0.05, 0) is 40.8 Å². The highest BCUT2D eigenvalue weighted by atomic mass is 127. The second-order valence-electron chi connectivity index (χ2n) is 2.67. The third-order valence-electron chi connectivity index (χ3n) is 1.43. The summed E-state index contributed by atoms with van der Waals surface area (Å²) in [6, 6.07) is 5.18. The van der Waals surface area contributed by atoms with Crippen LogP contribution in [0.1, 0.15) is 5.56 Å². The molecule has 0 heterocycles. The SMILES string of the molecule is C=Cc1cc(I)ccc1OS(C)(=O)=O. The maximum absolute atomic E-state index is 10.9. The second-order valence-corrected chi connectivity index (χ2v) is 5.49. The Morgan fingerprint density at radius 2 is 2.14 bits per heavy atom. The van der Waals surface area contributed by atoms with Crippen LogP contribution in [0.2, 0.25) is 0 Å². The molecule has 5 heteroatoms. The van der Waals surface area contributed by atoms with E-state index in [1.54, 1.807) is 24.3 Å². The summed E-state index contributed by atoms with van der Waals surface area (Å²) in [6.45, 7) is 3.58. The van der Waals surface area contributed by atoms with Gasteiger partial charge in [0.15, 0.2) is 0 Å². The van der Waals surface area contributed by atoms with Gasteiger partial charge < -0.3 is 4.18 Å². The van der Waals surface area contributed by atoms with Gasteiger partial charge in [-0.3, -0.25) is 0 Å². The first kappa shape index (κ1) is 11.5. The molecule has 0 bridgehead atoms. The Morgan fingerprint density at radius 3 is 2.64 bits per heavy atom. The minimum absolute atomic E-state index is 0.308. The van der Waals surface area contributed by atoms with E-state index in [0.717, 1.165) is 9.83 Å². The summed E-state index contributed by atoms with van der Waals surface area (Å²) in [5, 5.41) is 0. The summed E-state index contributed by atoms with van der Waals surface area (Å²) in [5.74, 6) is 0.308. The Morgan fingerprint density at radius 1 is 1.50 bits per heavy atom. The van der Waals surface area contributed by atoms with Crippen molar-refractivity contribution >= 4 is 38.8 Å². The minimum Gasteiger partial charge on any atom is -0.382 e. The van der Waals surface area contributed by atoms with Crippen molar-refractivity contribution in [3.8, 4) is 5.75 Å². The molecular formula is C9H9IO3S. The molecule has 0 fully saturated rings. The van der Waals surface area contributed by atoms with Crippen LogP contribution in [0.15, 0.2) is 24.8 Å². The Labute approximate surface area is 97.0 Å². The lowest BCUT2D eigenvalue weighted by Gasteiger charge is -2.06. The number of rotatable bonds is 3. The summed E-state index contributed by atoms with van der Waals surface area (Å²) in [5.41, 5.74) is 0.669. The molecule has 0 saturated carbocycles. The molecule has 1 rings (SSSR count). The minimum atomic E-state index is -3.47. The predicted octanol–water partition coefficient (Wildman–Crippen LogP) is 2.27. The van der Waals surface area contributed by atoms with Gasteiger partial charge in [0.25, 0.3) is 0 Å². The molecule has 0 atom stereocenters.